The molecule has 0 fully saturated rings. The van der Waals surface area contributed by atoms with Crippen LogP contribution >= 0.6 is 11.6 Å². The van der Waals surface area contributed by atoms with Crippen LogP contribution in [0.15, 0.2) is 18.2 Å². The van der Waals surface area contributed by atoms with Gasteiger partial charge in [0.1, 0.15) is 11.9 Å². The fourth-order valence-electron chi connectivity index (χ4n) is 2.79. The standard InChI is InChI=1S/C17H26ClNO/c1-12-5-6-15-13(9-12)10-14(20-15)11-19-16(7-8-18)17(2,3)4/h5-6,9,14,16,19H,7-8,10-11H2,1-4H3. The van der Waals surface area contributed by atoms with Gasteiger partial charge in [0.25, 0.3) is 0 Å². The highest BCUT2D eigenvalue weighted by atomic mass is 35.5. The first kappa shape index (κ1) is 15.7. The van der Waals surface area contributed by atoms with Gasteiger partial charge in [-0.3, -0.25) is 0 Å². The molecule has 2 unspecified atom stereocenters. The molecule has 2 nitrogen and oxygen atoms in total. The molecule has 2 atom stereocenters. The van der Waals surface area contributed by atoms with Crippen molar-refractivity contribution in [2.45, 2.75) is 52.7 Å². The van der Waals surface area contributed by atoms with E-state index in [0.717, 1.165) is 25.1 Å². The predicted molar refractivity (Wildman–Crippen MR) is 85.9 cm³/mol. The van der Waals surface area contributed by atoms with Gasteiger partial charge in [0.15, 0.2) is 0 Å². The Bertz CT molecular complexity index is 453. The van der Waals surface area contributed by atoms with E-state index in [1.807, 2.05) is 0 Å². The number of rotatable bonds is 5. The average Bonchev–Trinajstić information content (AvgIpc) is 2.74. The number of alkyl halides is 1. The van der Waals surface area contributed by atoms with E-state index in [0.29, 0.717) is 11.9 Å². The topological polar surface area (TPSA) is 21.3 Å². The number of hydrogen-bond acceptors (Lipinski definition) is 2. The molecule has 0 aliphatic carbocycles. The number of ether oxygens (including phenoxy) is 1. The number of nitrogens with one attached hydrogen (secondary N) is 1. The summed E-state index contributed by atoms with van der Waals surface area (Å²) in [6.45, 7) is 9.77. The molecule has 2 rings (SSSR count). The maximum Gasteiger partial charge on any atom is 0.123 e. The van der Waals surface area contributed by atoms with Gasteiger partial charge in [-0.15, -0.1) is 11.6 Å². The number of halogens is 1. The maximum atomic E-state index is 6.01. The quantitative estimate of drug-likeness (QED) is 0.831. The minimum atomic E-state index is 0.219. The summed E-state index contributed by atoms with van der Waals surface area (Å²) < 4.78 is 6.01. The van der Waals surface area contributed by atoms with Gasteiger partial charge in [0.05, 0.1) is 0 Å². The smallest absolute Gasteiger partial charge is 0.123 e. The van der Waals surface area contributed by atoms with Gasteiger partial charge in [-0.25, -0.2) is 0 Å². The van der Waals surface area contributed by atoms with Gasteiger partial charge in [0, 0.05) is 24.9 Å². The highest BCUT2D eigenvalue weighted by Gasteiger charge is 2.27. The molecule has 0 saturated heterocycles. The molecular formula is C17H26ClNO. The lowest BCUT2D eigenvalue weighted by Gasteiger charge is -2.32. The molecule has 0 amide bonds. The van der Waals surface area contributed by atoms with E-state index < -0.39 is 0 Å². The predicted octanol–water partition coefficient (Wildman–Crippen LogP) is 3.93. The SMILES string of the molecule is Cc1ccc2c(c1)CC(CNC(CCCl)C(C)(C)C)O2. The van der Waals surface area contributed by atoms with E-state index in [1.54, 1.807) is 0 Å². The summed E-state index contributed by atoms with van der Waals surface area (Å²) in [6.07, 6.45) is 2.23. The monoisotopic (exact) mass is 295 g/mol. The highest BCUT2D eigenvalue weighted by molar-refractivity contribution is 6.17. The minimum absolute atomic E-state index is 0.219. The van der Waals surface area contributed by atoms with Crippen molar-refractivity contribution in [1.82, 2.24) is 5.32 Å². The van der Waals surface area contributed by atoms with Crippen LogP contribution in [0.1, 0.15) is 38.3 Å². The largest absolute Gasteiger partial charge is 0.488 e. The van der Waals surface area contributed by atoms with Crippen LogP contribution in [0, 0.1) is 12.3 Å². The van der Waals surface area contributed by atoms with E-state index in [2.05, 4.69) is 51.2 Å². The minimum Gasteiger partial charge on any atom is -0.488 e. The third kappa shape index (κ3) is 3.89. The van der Waals surface area contributed by atoms with Crippen LogP contribution in [0.25, 0.3) is 0 Å². The van der Waals surface area contributed by atoms with Crippen molar-refractivity contribution in [3.05, 3.63) is 29.3 Å². The molecule has 0 bridgehead atoms. The van der Waals surface area contributed by atoms with Crippen molar-refractivity contribution in [3.63, 3.8) is 0 Å². The van der Waals surface area contributed by atoms with Gasteiger partial charge < -0.3 is 10.1 Å². The van der Waals surface area contributed by atoms with E-state index in [1.165, 1.54) is 11.1 Å². The molecule has 112 valence electrons. The summed E-state index contributed by atoms with van der Waals surface area (Å²) in [5, 5.41) is 3.64. The number of benzene rings is 1. The fourth-order valence-corrected chi connectivity index (χ4v) is 3.01. The molecule has 1 aromatic rings. The van der Waals surface area contributed by atoms with Crippen molar-refractivity contribution in [1.29, 1.82) is 0 Å². The Hall–Kier alpha value is -0.730. The summed E-state index contributed by atoms with van der Waals surface area (Å²) in [7, 11) is 0. The zero-order chi connectivity index (χ0) is 14.8. The molecule has 3 heteroatoms. The first-order valence-corrected chi connectivity index (χ1v) is 7.99. The second-order valence-electron chi connectivity index (χ2n) is 6.86. The molecule has 0 aromatic heterocycles. The van der Waals surface area contributed by atoms with Crippen LogP contribution in [0.2, 0.25) is 0 Å². The molecule has 1 aliphatic rings. The third-order valence-electron chi connectivity index (χ3n) is 3.99. The number of aryl methyl sites for hydroxylation is 1. The van der Waals surface area contributed by atoms with Gasteiger partial charge in [-0.2, -0.15) is 0 Å². The zero-order valence-corrected chi connectivity index (χ0v) is 13.8. The Morgan fingerprint density at radius 1 is 1.40 bits per heavy atom. The third-order valence-corrected chi connectivity index (χ3v) is 4.21. The van der Waals surface area contributed by atoms with Gasteiger partial charge in [-0.1, -0.05) is 38.5 Å². The van der Waals surface area contributed by atoms with Gasteiger partial charge >= 0.3 is 0 Å². The highest BCUT2D eigenvalue weighted by Crippen LogP contribution is 2.29. The molecule has 1 aromatic carbocycles. The van der Waals surface area contributed by atoms with E-state index >= 15 is 0 Å². The molecule has 1 N–H and O–H groups in total. The fraction of sp³-hybridized carbons (Fsp3) is 0.647. The van der Waals surface area contributed by atoms with E-state index in [9.17, 15) is 0 Å². The number of fused-ring (bicyclic) bond motifs is 1. The van der Waals surface area contributed by atoms with Gasteiger partial charge in [0.2, 0.25) is 0 Å². The lowest BCUT2D eigenvalue weighted by molar-refractivity contribution is 0.192. The zero-order valence-electron chi connectivity index (χ0n) is 13.0. The summed E-state index contributed by atoms with van der Waals surface area (Å²) in [5.41, 5.74) is 2.86. The second-order valence-corrected chi connectivity index (χ2v) is 7.24. The van der Waals surface area contributed by atoms with E-state index in [-0.39, 0.29) is 11.5 Å². The molecule has 0 spiro atoms. The van der Waals surface area contributed by atoms with Crippen molar-refractivity contribution < 1.29 is 4.74 Å². The molecule has 1 heterocycles. The van der Waals surface area contributed by atoms with E-state index in [4.69, 9.17) is 16.3 Å². The Balaban J connectivity index is 1.90. The summed E-state index contributed by atoms with van der Waals surface area (Å²) in [6, 6.07) is 6.86. The van der Waals surface area contributed by atoms with Crippen LogP contribution in [0.4, 0.5) is 0 Å². The summed E-state index contributed by atoms with van der Waals surface area (Å²) in [4.78, 5) is 0. The van der Waals surface area contributed by atoms with Crippen LogP contribution in [0.5, 0.6) is 5.75 Å². The lowest BCUT2D eigenvalue weighted by Crippen LogP contribution is -2.44. The molecule has 20 heavy (non-hydrogen) atoms. The molecule has 0 radical (unpaired) electrons. The lowest BCUT2D eigenvalue weighted by atomic mass is 9.85. The normalized spacial score (nSPS) is 19.6. The Morgan fingerprint density at radius 3 is 2.80 bits per heavy atom. The first-order valence-electron chi connectivity index (χ1n) is 7.45. The molecule has 0 saturated carbocycles. The Labute approximate surface area is 127 Å². The van der Waals surface area contributed by atoms with Crippen LogP contribution < -0.4 is 10.1 Å². The van der Waals surface area contributed by atoms with Crippen LogP contribution in [0.3, 0.4) is 0 Å². The Morgan fingerprint density at radius 2 is 2.15 bits per heavy atom. The Kier molecular flexibility index (Phi) is 4.98. The van der Waals surface area contributed by atoms with Crippen molar-refractivity contribution in [3.8, 4) is 5.75 Å². The number of hydrogen-bond donors (Lipinski definition) is 1. The van der Waals surface area contributed by atoms with Crippen molar-refractivity contribution >= 4 is 11.6 Å². The second kappa shape index (κ2) is 6.36. The maximum absolute atomic E-state index is 6.01. The van der Waals surface area contributed by atoms with Crippen LogP contribution in [-0.4, -0.2) is 24.6 Å². The van der Waals surface area contributed by atoms with Gasteiger partial charge in [-0.05, 0) is 30.4 Å². The average molecular weight is 296 g/mol. The molecular weight excluding hydrogens is 270 g/mol. The first-order chi connectivity index (χ1) is 9.40. The summed E-state index contributed by atoms with van der Waals surface area (Å²) in [5.74, 6) is 1.74. The van der Waals surface area contributed by atoms with Crippen molar-refractivity contribution in [2.75, 3.05) is 12.4 Å². The summed E-state index contributed by atoms with van der Waals surface area (Å²) >= 11 is 5.92. The van der Waals surface area contributed by atoms with Crippen molar-refractivity contribution in [2.24, 2.45) is 5.41 Å². The molecule has 1 aliphatic heterocycles. The van der Waals surface area contributed by atoms with Crippen LogP contribution in [-0.2, 0) is 6.42 Å².